The van der Waals surface area contributed by atoms with Crippen molar-refractivity contribution in [2.75, 3.05) is 21.3 Å². The molecule has 3 N–H and O–H groups in total. The van der Waals surface area contributed by atoms with Gasteiger partial charge in [0.1, 0.15) is 23.6 Å². The lowest BCUT2D eigenvalue weighted by Gasteiger charge is -2.25. The second-order valence-electron chi connectivity index (χ2n) is 14.4. The summed E-state index contributed by atoms with van der Waals surface area (Å²) in [6, 6.07) is 17.0. The molecule has 0 aliphatic carbocycles. The molecule has 4 bridgehead atoms. The number of hydrogen-bond acceptors (Lipinski definition) is 8. The molecule has 11 nitrogen and oxygen atoms in total. The SMILES string of the molecule is CCCCC[C@@H]1NC(=O)[C@H](C)CC(=O)C(NC(C)=O)Cc2cc3ccccc3c(c2OC)-c2c(OC)c(cc3ccccc23)CC=CCC(C(=O)OC)NC1=O. The average Bonchev–Trinajstić information content (AvgIpc) is 3.19. The maximum Gasteiger partial charge on any atom is 0.328 e. The fourth-order valence-electron chi connectivity index (χ4n) is 7.54. The molecule has 1 aliphatic rings. The van der Waals surface area contributed by atoms with Crippen LogP contribution in [-0.4, -0.2) is 68.9 Å². The van der Waals surface area contributed by atoms with Crippen molar-refractivity contribution >= 4 is 51.0 Å². The Morgan fingerprint density at radius 1 is 0.786 bits per heavy atom. The zero-order valence-electron chi connectivity index (χ0n) is 33.2. The maximum atomic E-state index is 14.1. The number of unbranched alkanes of at least 4 members (excludes halogenated alkanes) is 2. The number of hydrogen-bond donors (Lipinski definition) is 3. The molecule has 4 aromatic rings. The smallest absolute Gasteiger partial charge is 0.328 e. The van der Waals surface area contributed by atoms with Crippen LogP contribution in [0.5, 0.6) is 11.5 Å². The van der Waals surface area contributed by atoms with Gasteiger partial charge in [-0.25, -0.2) is 4.79 Å². The molecule has 1 heterocycles. The highest BCUT2D eigenvalue weighted by molar-refractivity contribution is 6.11. The number of fused-ring (bicyclic) bond motifs is 9. The number of carbonyl (C=O) groups is 5. The third-order valence-electron chi connectivity index (χ3n) is 10.4. The van der Waals surface area contributed by atoms with Crippen LogP contribution in [0.15, 0.2) is 72.8 Å². The van der Waals surface area contributed by atoms with Gasteiger partial charge >= 0.3 is 5.97 Å². The number of methoxy groups -OCH3 is 3. The Hall–Kier alpha value is -5.71. The summed E-state index contributed by atoms with van der Waals surface area (Å²) in [4.78, 5) is 67.0. The number of Topliss-reactive ketones (excluding diaryl/α,β-unsaturated/α-hetero) is 1. The van der Waals surface area contributed by atoms with E-state index >= 15 is 0 Å². The molecule has 4 aromatic carbocycles. The lowest BCUT2D eigenvalue weighted by Crippen LogP contribution is -2.52. The number of benzene rings is 4. The first-order valence-corrected chi connectivity index (χ1v) is 19.3. The number of nitrogens with one attached hydrogen (secondary N) is 3. The van der Waals surface area contributed by atoms with E-state index in [1.165, 1.54) is 14.0 Å². The highest BCUT2D eigenvalue weighted by Gasteiger charge is 2.31. The molecule has 4 atom stereocenters. The number of rotatable bonds is 8. The Kier molecular flexibility index (Phi) is 14.2. The summed E-state index contributed by atoms with van der Waals surface area (Å²) in [5.74, 6) is -2.04. The number of esters is 1. The largest absolute Gasteiger partial charge is 0.496 e. The van der Waals surface area contributed by atoms with E-state index < -0.39 is 47.7 Å². The van der Waals surface area contributed by atoms with E-state index in [1.54, 1.807) is 21.1 Å². The number of ether oxygens (including phenoxy) is 3. The third kappa shape index (κ3) is 9.56. The first-order valence-electron chi connectivity index (χ1n) is 19.3. The van der Waals surface area contributed by atoms with Gasteiger partial charge in [0.2, 0.25) is 17.7 Å². The average molecular weight is 764 g/mol. The molecule has 56 heavy (non-hydrogen) atoms. The number of carbonyl (C=O) groups excluding carboxylic acids is 5. The molecule has 0 radical (unpaired) electrons. The Balaban J connectivity index is 1.73. The molecule has 0 spiro atoms. The van der Waals surface area contributed by atoms with Gasteiger partial charge in [-0.3, -0.25) is 19.2 Å². The van der Waals surface area contributed by atoms with Crippen LogP contribution in [0.4, 0.5) is 0 Å². The molecule has 2 unspecified atom stereocenters. The Morgan fingerprint density at radius 2 is 1.39 bits per heavy atom. The highest BCUT2D eigenvalue weighted by Crippen LogP contribution is 2.48. The number of amides is 3. The topological polar surface area (TPSA) is 149 Å². The molecular formula is C45H53N3O8. The second kappa shape index (κ2) is 19.2. The van der Waals surface area contributed by atoms with E-state index in [-0.39, 0.29) is 25.0 Å². The second-order valence-corrected chi connectivity index (χ2v) is 14.4. The van der Waals surface area contributed by atoms with E-state index in [4.69, 9.17) is 14.2 Å². The molecule has 5 rings (SSSR count). The van der Waals surface area contributed by atoms with Gasteiger partial charge in [0.25, 0.3) is 0 Å². The van der Waals surface area contributed by atoms with Crippen LogP contribution >= 0.6 is 0 Å². The lowest BCUT2D eigenvalue weighted by atomic mass is 9.86. The predicted molar refractivity (Wildman–Crippen MR) is 218 cm³/mol. The van der Waals surface area contributed by atoms with Gasteiger partial charge in [-0.05, 0) is 64.1 Å². The van der Waals surface area contributed by atoms with E-state index in [0.717, 1.165) is 51.1 Å². The molecule has 0 fully saturated rings. The van der Waals surface area contributed by atoms with Crippen molar-refractivity contribution in [3.05, 3.63) is 83.9 Å². The van der Waals surface area contributed by atoms with Gasteiger partial charge in [-0.2, -0.15) is 0 Å². The zero-order chi connectivity index (χ0) is 40.4. The summed E-state index contributed by atoms with van der Waals surface area (Å²) in [7, 11) is 4.48. The van der Waals surface area contributed by atoms with Crippen LogP contribution in [0.25, 0.3) is 32.7 Å². The van der Waals surface area contributed by atoms with Gasteiger partial charge in [0.05, 0.1) is 27.4 Å². The summed E-state index contributed by atoms with van der Waals surface area (Å²) >= 11 is 0. The standard InChI is InChI=1S/C45H53N3O8/c1-7-8-9-21-35-44(52)48-36(45(53)56-6)22-15-12-18-31-24-29-16-10-13-19-33(29)39(41(31)54-4)40-34-20-14-11-17-30(34)25-32(42(40)55-5)26-37(46-28(3)49)38(50)23-27(2)43(51)47-35/h10-17,19-20,24-25,27,35-37H,7-9,18,21-23,26H2,1-6H3,(H,46,49)(H,47,51)(H,48,52)/t27-,35+,36?,37?/m1/s1. The summed E-state index contributed by atoms with van der Waals surface area (Å²) in [5.41, 5.74) is 3.14. The Morgan fingerprint density at radius 3 is 1.98 bits per heavy atom. The van der Waals surface area contributed by atoms with Gasteiger partial charge < -0.3 is 30.2 Å². The van der Waals surface area contributed by atoms with Crippen molar-refractivity contribution in [1.82, 2.24) is 16.0 Å². The molecule has 1 aliphatic heterocycles. The van der Waals surface area contributed by atoms with E-state index in [2.05, 4.69) is 22.0 Å². The summed E-state index contributed by atoms with van der Waals surface area (Å²) in [5, 5.41) is 12.2. The molecule has 3 amide bonds. The minimum Gasteiger partial charge on any atom is -0.496 e. The summed E-state index contributed by atoms with van der Waals surface area (Å²) in [6.07, 6.45) is 6.98. The molecule has 0 aromatic heterocycles. The van der Waals surface area contributed by atoms with E-state index in [0.29, 0.717) is 36.3 Å². The Bertz CT molecular complexity index is 2130. The van der Waals surface area contributed by atoms with E-state index in [9.17, 15) is 24.0 Å². The predicted octanol–water partition coefficient (Wildman–Crippen LogP) is 6.55. The van der Waals surface area contributed by atoms with Crippen LogP contribution in [-0.2, 0) is 41.6 Å². The van der Waals surface area contributed by atoms with Crippen molar-refractivity contribution in [2.24, 2.45) is 5.92 Å². The van der Waals surface area contributed by atoms with Gasteiger partial charge in [-0.1, -0.05) is 93.8 Å². The van der Waals surface area contributed by atoms with Crippen molar-refractivity contribution in [3.63, 3.8) is 0 Å². The van der Waals surface area contributed by atoms with E-state index in [1.807, 2.05) is 73.7 Å². The first-order chi connectivity index (χ1) is 27.0. The summed E-state index contributed by atoms with van der Waals surface area (Å²) in [6.45, 7) is 5.01. The maximum absolute atomic E-state index is 14.1. The fourth-order valence-corrected chi connectivity index (χ4v) is 7.54. The quantitative estimate of drug-likeness (QED) is 0.104. The normalized spacial score (nSPS) is 19.7. The fraction of sp³-hybridized carbons (Fsp3) is 0.400. The van der Waals surface area contributed by atoms with Crippen molar-refractivity contribution in [3.8, 4) is 22.6 Å². The van der Waals surface area contributed by atoms with Gasteiger partial charge in [0, 0.05) is 36.8 Å². The molecule has 0 saturated heterocycles. The van der Waals surface area contributed by atoms with Crippen LogP contribution in [0.3, 0.4) is 0 Å². The highest BCUT2D eigenvalue weighted by atomic mass is 16.5. The van der Waals surface area contributed by atoms with Crippen molar-refractivity contribution in [1.29, 1.82) is 0 Å². The third-order valence-corrected chi connectivity index (χ3v) is 10.4. The minimum atomic E-state index is -1.01. The zero-order valence-corrected chi connectivity index (χ0v) is 33.2. The van der Waals surface area contributed by atoms with Crippen LogP contribution in [0.2, 0.25) is 0 Å². The van der Waals surface area contributed by atoms with Crippen molar-refractivity contribution in [2.45, 2.75) is 90.3 Å². The Labute approximate surface area is 328 Å². The van der Waals surface area contributed by atoms with Crippen LogP contribution in [0, 0.1) is 5.92 Å². The lowest BCUT2D eigenvalue weighted by molar-refractivity contribution is -0.145. The van der Waals surface area contributed by atoms with Gasteiger partial charge in [-0.15, -0.1) is 0 Å². The molecule has 0 saturated carbocycles. The van der Waals surface area contributed by atoms with Crippen molar-refractivity contribution < 1.29 is 38.2 Å². The van der Waals surface area contributed by atoms with Crippen LogP contribution in [0.1, 0.15) is 70.4 Å². The first kappa shape index (κ1) is 41.5. The molecular weight excluding hydrogens is 711 g/mol. The van der Waals surface area contributed by atoms with Gasteiger partial charge in [0.15, 0.2) is 5.78 Å². The molecule has 296 valence electrons. The number of ketones is 1. The summed E-state index contributed by atoms with van der Waals surface area (Å²) < 4.78 is 17.6. The molecule has 11 heteroatoms. The number of allylic oxidation sites excluding steroid dienone is 1. The monoisotopic (exact) mass is 763 g/mol. The minimum absolute atomic E-state index is 0.0907. The van der Waals surface area contributed by atoms with Crippen LogP contribution < -0.4 is 25.4 Å².